The summed E-state index contributed by atoms with van der Waals surface area (Å²) in [5.74, 6) is -1.02. The van der Waals surface area contributed by atoms with Crippen LogP contribution in [-0.4, -0.2) is 10.9 Å². The van der Waals surface area contributed by atoms with Crippen LogP contribution in [0.4, 0.5) is 10.1 Å². The summed E-state index contributed by atoms with van der Waals surface area (Å²) in [6.45, 7) is 3.67. The van der Waals surface area contributed by atoms with Crippen molar-refractivity contribution in [2.75, 3.05) is 5.73 Å². The van der Waals surface area contributed by atoms with Crippen LogP contribution < -0.4 is 11.1 Å². The number of benzene rings is 1. The van der Waals surface area contributed by atoms with E-state index in [1.165, 1.54) is 29.5 Å². The summed E-state index contributed by atoms with van der Waals surface area (Å²) in [6, 6.07) is 4.17. The third kappa shape index (κ3) is 2.73. The first-order valence-corrected chi connectivity index (χ1v) is 6.56. The summed E-state index contributed by atoms with van der Waals surface area (Å²) >= 11 is 1.44. The van der Waals surface area contributed by atoms with Gasteiger partial charge in [-0.15, -0.1) is 11.3 Å². The number of halogens is 1. The van der Waals surface area contributed by atoms with Crippen LogP contribution in [0.2, 0.25) is 0 Å². The first-order chi connectivity index (χ1) is 8.92. The highest BCUT2D eigenvalue weighted by Crippen LogP contribution is 2.24. The highest BCUT2D eigenvalue weighted by molar-refractivity contribution is 7.09. The van der Waals surface area contributed by atoms with Crippen LogP contribution in [0.5, 0.6) is 0 Å². The number of hydrogen-bond acceptors (Lipinski definition) is 4. The molecule has 0 fully saturated rings. The Bertz CT molecular complexity index is 596. The molecule has 19 heavy (non-hydrogen) atoms. The fourth-order valence-corrected chi connectivity index (χ4v) is 2.39. The number of aromatic nitrogens is 1. The van der Waals surface area contributed by atoms with Crippen LogP contribution in [0.3, 0.4) is 0 Å². The predicted octanol–water partition coefficient (Wildman–Crippen LogP) is 2.53. The van der Waals surface area contributed by atoms with E-state index in [1.54, 1.807) is 6.20 Å². The van der Waals surface area contributed by atoms with Gasteiger partial charge in [0, 0.05) is 11.6 Å². The molecule has 100 valence electrons. The van der Waals surface area contributed by atoms with Crippen molar-refractivity contribution in [1.82, 2.24) is 10.3 Å². The summed E-state index contributed by atoms with van der Waals surface area (Å²) in [5, 5.41) is 5.41. The molecule has 1 heterocycles. The minimum Gasteiger partial charge on any atom is -0.396 e. The van der Waals surface area contributed by atoms with Crippen molar-refractivity contribution in [3.8, 4) is 0 Å². The summed E-state index contributed by atoms with van der Waals surface area (Å²) in [5.41, 5.74) is 4.92. The van der Waals surface area contributed by atoms with Gasteiger partial charge >= 0.3 is 0 Å². The van der Waals surface area contributed by atoms with Crippen LogP contribution in [0.25, 0.3) is 0 Å². The lowest BCUT2D eigenvalue weighted by molar-refractivity contribution is 0.0912. The molecule has 1 aromatic heterocycles. The van der Waals surface area contributed by atoms with Gasteiger partial charge in [-0.2, -0.15) is 0 Å². The Morgan fingerprint density at radius 2 is 2.21 bits per heavy atom. The number of thiazole rings is 1. The van der Waals surface area contributed by atoms with E-state index in [-0.39, 0.29) is 11.3 Å². The molecule has 0 aliphatic heterocycles. The van der Waals surface area contributed by atoms with Gasteiger partial charge in [-0.3, -0.25) is 4.79 Å². The van der Waals surface area contributed by atoms with Crippen molar-refractivity contribution in [2.24, 2.45) is 0 Å². The van der Waals surface area contributed by atoms with E-state index in [1.807, 2.05) is 19.2 Å². The number of amides is 1. The van der Waals surface area contributed by atoms with Gasteiger partial charge in [0.05, 0.1) is 16.8 Å². The molecule has 0 saturated heterocycles. The molecular weight excluding hydrogens is 265 g/mol. The Kier molecular flexibility index (Phi) is 3.53. The average molecular weight is 279 g/mol. The molecule has 0 radical (unpaired) electrons. The van der Waals surface area contributed by atoms with Gasteiger partial charge in [-0.25, -0.2) is 9.37 Å². The molecule has 6 heteroatoms. The fraction of sp³-hybridized carbons (Fsp3) is 0.231. The number of nitrogen functional groups attached to an aromatic ring is 1. The van der Waals surface area contributed by atoms with E-state index < -0.39 is 17.3 Å². The Hall–Kier alpha value is -1.95. The molecule has 2 rings (SSSR count). The number of nitrogens with one attached hydrogen (secondary N) is 1. The molecule has 0 spiro atoms. The predicted molar refractivity (Wildman–Crippen MR) is 73.4 cm³/mol. The van der Waals surface area contributed by atoms with Crippen molar-refractivity contribution < 1.29 is 9.18 Å². The number of hydrogen-bond donors (Lipinski definition) is 2. The molecule has 0 aliphatic carbocycles. The molecule has 2 aromatic rings. The molecule has 4 nitrogen and oxygen atoms in total. The number of rotatable bonds is 3. The number of nitrogens with zero attached hydrogens (tertiary/aromatic N) is 1. The minimum atomic E-state index is -0.635. The zero-order valence-electron chi connectivity index (χ0n) is 10.6. The quantitative estimate of drug-likeness (QED) is 0.848. The summed E-state index contributed by atoms with van der Waals surface area (Å²) < 4.78 is 13.3. The van der Waals surface area contributed by atoms with E-state index in [0.717, 1.165) is 5.01 Å². The van der Waals surface area contributed by atoms with E-state index in [9.17, 15) is 9.18 Å². The smallest absolute Gasteiger partial charge is 0.254 e. The molecule has 0 atom stereocenters. The van der Waals surface area contributed by atoms with Crippen molar-refractivity contribution in [1.29, 1.82) is 0 Å². The summed E-state index contributed by atoms with van der Waals surface area (Å²) in [4.78, 5) is 16.3. The maximum absolute atomic E-state index is 13.3. The van der Waals surface area contributed by atoms with Gasteiger partial charge in [0.1, 0.15) is 10.8 Å². The maximum Gasteiger partial charge on any atom is 0.254 e. The van der Waals surface area contributed by atoms with Crippen LogP contribution in [0.15, 0.2) is 29.8 Å². The van der Waals surface area contributed by atoms with Crippen molar-refractivity contribution in [3.63, 3.8) is 0 Å². The zero-order valence-corrected chi connectivity index (χ0v) is 11.4. The molecule has 1 aromatic carbocycles. The molecule has 0 bridgehead atoms. The Morgan fingerprint density at radius 1 is 1.47 bits per heavy atom. The highest BCUT2D eigenvalue weighted by Gasteiger charge is 2.27. The van der Waals surface area contributed by atoms with E-state index >= 15 is 0 Å². The molecule has 0 saturated carbocycles. The first-order valence-electron chi connectivity index (χ1n) is 5.68. The Balaban J connectivity index is 2.24. The second-order valence-electron chi connectivity index (χ2n) is 4.62. The van der Waals surface area contributed by atoms with Crippen LogP contribution in [-0.2, 0) is 5.54 Å². The van der Waals surface area contributed by atoms with Crippen LogP contribution in [0.1, 0.15) is 29.2 Å². The number of carbonyl (C=O) groups excluding carboxylic acids is 1. The normalized spacial score (nSPS) is 11.3. The molecule has 3 N–H and O–H groups in total. The average Bonchev–Trinajstić information content (AvgIpc) is 2.86. The zero-order chi connectivity index (χ0) is 14.0. The summed E-state index contributed by atoms with van der Waals surface area (Å²) in [7, 11) is 0. The van der Waals surface area contributed by atoms with E-state index in [0.29, 0.717) is 0 Å². The van der Waals surface area contributed by atoms with Gasteiger partial charge in [0.25, 0.3) is 5.91 Å². The summed E-state index contributed by atoms with van der Waals surface area (Å²) in [6.07, 6.45) is 1.67. The third-order valence-corrected chi connectivity index (χ3v) is 3.79. The minimum absolute atomic E-state index is 0.129. The molecular formula is C13H14FN3OS. The van der Waals surface area contributed by atoms with Gasteiger partial charge in [-0.05, 0) is 26.0 Å². The Labute approximate surface area is 114 Å². The third-order valence-electron chi connectivity index (χ3n) is 2.69. The first kappa shape index (κ1) is 13.5. The Morgan fingerprint density at radius 3 is 2.84 bits per heavy atom. The number of anilines is 1. The topological polar surface area (TPSA) is 68.0 Å². The second-order valence-corrected chi connectivity index (χ2v) is 5.51. The van der Waals surface area contributed by atoms with Gasteiger partial charge in [0.15, 0.2) is 0 Å². The fourth-order valence-electron chi connectivity index (χ4n) is 1.67. The van der Waals surface area contributed by atoms with E-state index in [4.69, 9.17) is 5.73 Å². The van der Waals surface area contributed by atoms with Crippen molar-refractivity contribution in [3.05, 3.63) is 46.2 Å². The monoisotopic (exact) mass is 279 g/mol. The lowest BCUT2D eigenvalue weighted by atomic mass is 10.0. The number of carbonyl (C=O) groups is 1. The molecule has 1 amide bonds. The standard InChI is InChI=1S/C13H14FN3OS/c1-13(2,12-16-6-7-19-12)17-11(18)8-4-3-5-9(14)10(8)15/h3-7H,15H2,1-2H3,(H,17,18). The van der Waals surface area contributed by atoms with Crippen LogP contribution >= 0.6 is 11.3 Å². The maximum atomic E-state index is 13.3. The number of para-hydroxylation sites is 1. The van der Waals surface area contributed by atoms with Crippen molar-refractivity contribution >= 4 is 22.9 Å². The SMILES string of the molecule is CC(C)(NC(=O)c1cccc(F)c1N)c1nccs1. The van der Waals surface area contributed by atoms with Gasteiger partial charge in [0.2, 0.25) is 0 Å². The molecule has 0 unspecified atom stereocenters. The van der Waals surface area contributed by atoms with Gasteiger partial charge < -0.3 is 11.1 Å². The van der Waals surface area contributed by atoms with E-state index in [2.05, 4.69) is 10.3 Å². The van der Waals surface area contributed by atoms with Crippen molar-refractivity contribution in [2.45, 2.75) is 19.4 Å². The van der Waals surface area contributed by atoms with Gasteiger partial charge in [-0.1, -0.05) is 6.07 Å². The number of nitrogens with two attached hydrogens (primary N) is 1. The lowest BCUT2D eigenvalue weighted by Crippen LogP contribution is -2.41. The van der Waals surface area contributed by atoms with Crippen LogP contribution in [0, 0.1) is 5.82 Å². The largest absolute Gasteiger partial charge is 0.396 e. The second kappa shape index (κ2) is 4.97. The highest BCUT2D eigenvalue weighted by atomic mass is 32.1. The lowest BCUT2D eigenvalue weighted by Gasteiger charge is -2.24. The molecule has 0 aliphatic rings.